The molecule has 1 N–H and O–H groups in total. The Morgan fingerprint density at radius 3 is 2.67 bits per heavy atom. The quantitative estimate of drug-likeness (QED) is 0.607. The highest BCUT2D eigenvalue weighted by atomic mass is 16.5. The first-order chi connectivity index (χ1) is 10.3. The smallest absolute Gasteiger partial charge is 0.258 e. The molecule has 2 heterocycles. The summed E-state index contributed by atoms with van der Waals surface area (Å²) < 4.78 is 5.35. The number of H-pyrrole nitrogens is 1. The van der Waals surface area contributed by atoms with Crippen molar-refractivity contribution in [1.29, 1.82) is 0 Å². The minimum absolute atomic E-state index is 0.523. The summed E-state index contributed by atoms with van der Waals surface area (Å²) in [5.74, 6) is 1.09. The van der Waals surface area contributed by atoms with Crippen LogP contribution in [0, 0.1) is 6.92 Å². The molecule has 0 saturated heterocycles. The number of aryl methyl sites for hydroxylation is 1. The van der Waals surface area contributed by atoms with Gasteiger partial charge >= 0.3 is 0 Å². The van der Waals surface area contributed by atoms with Crippen molar-refractivity contribution in [3.05, 3.63) is 54.4 Å². The van der Waals surface area contributed by atoms with Gasteiger partial charge in [-0.3, -0.25) is 0 Å². The number of hydrogen-bond acceptors (Lipinski definition) is 4. The van der Waals surface area contributed by atoms with Crippen LogP contribution in [0.3, 0.4) is 0 Å². The molecule has 0 aliphatic carbocycles. The van der Waals surface area contributed by atoms with Crippen molar-refractivity contribution < 1.29 is 4.52 Å². The molecule has 4 aromatic rings. The van der Waals surface area contributed by atoms with E-state index in [1.165, 1.54) is 5.56 Å². The molecule has 0 saturated carbocycles. The van der Waals surface area contributed by atoms with Gasteiger partial charge < -0.3 is 9.51 Å². The van der Waals surface area contributed by atoms with Gasteiger partial charge in [0.25, 0.3) is 5.89 Å². The molecule has 102 valence electrons. The van der Waals surface area contributed by atoms with E-state index in [4.69, 9.17) is 4.52 Å². The second-order valence-electron chi connectivity index (χ2n) is 4.92. The Morgan fingerprint density at radius 2 is 1.81 bits per heavy atom. The summed E-state index contributed by atoms with van der Waals surface area (Å²) in [5.41, 5.74) is 4.88. The molecule has 21 heavy (non-hydrogen) atoms. The molecule has 2 aromatic carbocycles. The topological polar surface area (TPSA) is 67.6 Å². The van der Waals surface area contributed by atoms with Gasteiger partial charge in [0.2, 0.25) is 5.82 Å². The van der Waals surface area contributed by atoms with Gasteiger partial charge in [-0.15, -0.1) is 0 Å². The first kappa shape index (κ1) is 11.8. The van der Waals surface area contributed by atoms with Gasteiger partial charge in [-0.25, -0.2) is 4.98 Å². The molecule has 5 nitrogen and oxygen atoms in total. The summed E-state index contributed by atoms with van der Waals surface area (Å²) in [4.78, 5) is 11.7. The van der Waals surface area contributed by atoms with E-state index < -0.39 is 0 Å². The second kappa shape index (κ2) is 4.56. The lowest BCUT2D eigenvalue weighted by molar-refractivity contribution is 0.432. The molecule has 0 bridgehead atoms. The average Bonchev–Trinajstić information content (AvgIpc) is 3.16. The predicted molar refractivity (Wildman–Crippen MR) is 79.6 cm³/mol. The van der Waals surface area contributed by atoms with E-state index in [0.717, 1.165) is 22.2 Å². The third-order valence-electron chi connectivity index (χ3n) is 3.40. The monoisotopic (exact) mass is 276 g/mol. The average molecular weight is 276 g/mol. The van der Waals surface area contributed by atoms with Gasteiger partial charge in [0.05, 0.1) is 17.4 Å². The maximum absolute atomic E-state index is 5.35. The Balaban J connectivity index is 1.74. The van der Waals surface area contributed by atoms with Crippen LogP contribution in [0.2, 0.25) is 0 Å². The molecule has 4 rings (SSSR count). The summed E-state index contributed by atoms with van der Waals surface area (Å²) in [6, 6.07) is 13.8. The number of imidazole rings is 1. The number of aromatic nitrogens is 4. The largest absolute Gasteiger partial charge is 0.345 e. The highest BCUT2D eigenvalue weighted by molar-refractivity contribution is 5.80. The van der Waals surface area contributed by atoms with Crippen molar-refractivity contribution in [2.45, 2.75) is 6.92 Å². The van der Waals surface area contributed by atoms with Crippen LogP contribution in [0.5, 0.6) is 0 Å². The van der Waals surface area contributed by atoms with Gasteiger partial charge in [0.1, 0.15) is 0 Å². The molecule has 0 unspecified atom stereocenters. The van der Waals surface area contributed by atoms with E-state index in [-0.39, 0.29) is 0 Å². The van der Waals surface area contributed by atoms with Crippen molar-refractivity contribution >= 4 is 11.0 Å². The van der Waals surface area contributed by atoms with E-state index in [2.05, 4.69) is 20.1 Å². The van der Waals surface area contributed by atoms with E-state index in [1.54, 1.807) is 6.33 Å². The lowest BCUT2D eigenvalue weighted by Crippen LogP contribution is -1.82. The zero-order valence-electron chi connectivity index (χ0n) is 11.4. The summed E-state index contributed by atoms with van der Waals surface area (Å²) in [6.45, 7) is 2.04. The van der Waals surface area contributed by atoms with Crippen LogP contribution in [0.15, 0.2) is 53.3 Å². The van der Waals surface area contributed by atoms with Crippen molar-refractivity contribution in [1.82, 2.24) is 20.1 Å². The molecule has 5 heteroatoms. The summed E-state index contributed by atoms with van der Waals surface area (Å²) in [5, 5.41) is 4.06. The number of hydrogen-bond donors (Lipinski definition) is 1. The molecular weight excluding hydrogens is 264 g/mol. The molecule has 0 aliphatic heterocycles. The number of nitrogens with one attached hydrogen (secondary N) is 1. The first-order valence-corrected chi connectivity index (χ1v) is 6.64. The highest BCUT2D eigenvalue weighted by Gasteiger charge is 2.11. The number of benzene rings is 2. The molecule has 0 spiro atoms. The van der Waals surface area contributed by atoms with Crippen LogP contribution in [-0.2, 0) is 0 Å². The van der Waals surface area contributed by atoms with Gasteiger partial charge in [0.15, 0.2) is 0 Å². The summed E-state index contributed by atoms with van der Waals surface area (Å²) in [6.07, 6.45) is 1.67. The number of fused-ring (bicyclic) bond motifs is 1. The van der Waals surface area contributed by atoms with E-state index >= 15 is 0 Å². The lowest BCUT2D eigenvalue weighted by Gasteiger charge is -1.95. The molecule has 0 aliphatic rings. The standard InChI is InChI=1S/C16H12N4O/c1-10-2-4-11(5-3-10)16-19-15(20-21-16)12-6-7-13-14(8-12)18-9-17-13/h2-9H,1H3,(H,17,18). The van der Waals surface area contributed by atoms with E-state index in [9.17, 15) is 0 Å². The lowest BCUT2D eigenvalue weighted by atomic mass is 10.1. The Morgan fingerprint density at radius 1 is 1.00 bits per heavy atom. The molecule has 0 fully saturated rings. The normalized spacial score (nSPS) is 11.1. The Kier molecular flexibility index (Phi) is 2.57. The molecule has 0 amide bonds. The van der Waals surface area contributed by atoms with E-state index in [0.29, 0.717) is 11.7 Å². The highest BCUT2D eigenvalue weighted by Crippen LogP contribution is 2.24. The third kappa shape index (κ3) is 2.08. The Labute approximate surface area is 120 Å². The van der Waals surface area contributed by atoms with Crippen LogP contribution < -0.4 is 0 Å². The van der Waals surface area contributed by atoms with Crippen molar-refractivity contribution in [2.75, 3.05) is 0 Å². The van der Waals surface area contributed by atoms with Crippen molar-refractivity contribution in [3.8, 4) is 22.8 Å². The van der Waals surface area contributed by atoms with E-state index in [1.807, 2.05) is 49.4 Å². The van der Waals surface area contributed by atoms with Crippen LogP contribution in [0.4, 0.5) is 0 Å². The second-order valence-corrected chi connectivity index (χ2v) is 4.92. The Bertz CT molecular complexity index is 905. The molecular formula is C16H12N4O. The number of nitrogens with zero attached hydrogens (tertiary/aromatic N) is 3. The van der Waals surface area contributed by atoms with Gasteiger partial charge in [-0.2, -0.15) is 4.98 Å². The van der Waals surface area contributed by atoms with Crippen molar-refractivity contribution in [2.24, 2.45) is 0 Å². The van der Waals surface area contributed by atoms with Gasteiger partial charge in [-0.05, 0) is 37.3 Å². The fraction of sp³-hybridized carbons (Fsp3) is 0.0625. The first-order valence-electron chi connectivity index (χ1n) is 6.64. The third-order valence-corrected chi connectivity index (χ3v) is 3.40. The van der Waals surface area contributed by atoms with Crippen LogP contribution in [0.1, 0.15) is 5.56 Å². The zero-order valence-corrected chi connectivity index (χ0v) is 11.4. The van der Waals surface area contributed by atoms with Gasteiger partial charge in [0, 0.05) is 11.1 Å². The van der Waals surface area contributed by atoms with Crippen LogP contribution in [0.25, 0.3) is 33.9 Å². The zero-order chi connectivity index (χ0) is 14.2. The molecule has 0 atom stereocenters. The predicted octanol–water partition coefficient (Wildman–Crippen LogP) is 3.59. The minimum Gasteiger partial charge on any atom is -0.345 e. The van der Waals surface area contributed by atoms with Crippen LogP contribution in [-0.4, -0.2) is 20.1 Å². The van der Waals surface area contributed by atoms with Crippen LogP contribution >= 0.6 is 0 Å². The minimum atomic E-state index is 0.523. The maximum atomic E-state index is 5.35. The summed E-state index contributed by atoms with van der Waals surface area (Å²) in [7, 11) is 0. The van der Waals surface area contributed by atoms with Crippen molar-refractivity contribution in [3.63, 3.8) is 0 Å². The fourth-order valence-electron chi connectivity index (χ4n) is 2.23. The van der Waals surface area contributed by atoms with Gasteiger partial charge in [-0.1, -0.05) is 22.9 Å². The summed E-state index contributed by atoms with van der Waals surface area (Å²) >= 11 is 0. The molecule has 2 aromatic heterocycles. The fourth-order valence-corrected chi connectivity index (χ4v) is 2.23. The SMILES string of the molecule is Cc1ccc(-c2nc(-c3ccc4nc[nH]c4c3)no2)cc1. The number of aromatic amines is 1. The molecule has 0 radical (unpaired) electrons. The number of rotatable bonds is 2. The maximum Gasteiger partial charge on any atom is 0.258 e. The Hall–Kier alpha value is -2.95.